The Morgan fingerprint density at radius 1 is 0.545 bits per heavy atom. The molecule has 2 aromatic carbocycles. The third-order valence-corrected chi connectivity index (χ3v) is 2.58. The summed E-state index contributed by atoms with van der Waals surface area (Å²) in [7, 11) is 0. The minimum Gasteiger partial charge on any atom is -0.504 e. The van der Waals surface area contributed by atoms with E-state index in [1.165, 1.54) is 12.1 Å². The molecule has 0 radical (unpaired) electrons. The lowest BCUT2D eigenvalue weighted by atomic mass is 10.2. The van der Waals surface area contributed by atoms with Gasteiger partial charge in [-0.25, -0.2) is 0 Å². The highest BCUT2D eigenvalue weighted by Crippen LogP contribution is 2.36. The second-order valence-electron chi connectivity index (χ2n) is 3.98. The van der Waals surface area contributed by atoms with E-state index in [-0.39, 0.29) is 11.1 Å². The number of hydrogen-bond donors (Lipinski definition) is 6. The zero-order valence-electron chi connectivity index (χ0n) is 11.0. The molecule has 0 heterocycles. The number of aromatic hydroxyl groups is 6. The molecule has 6 N–H and O–H groups in total. The van der Waals surface area contributed by atoms with Gasteiger partial charge in [0.05, 0.1) is 11.1 Å². The van der Waals surface area contributed by atoms with Crippen LogP contribution in [0.5, 0.6) is 34.5 Å². The Balaban J connectivity index is 0.000000220. The Hall–Kier alpha value is -3.42. The zero-order valence-corrected chi connectivity index (χ0v) is 11.0. The molecule has 8 heteroatoms. The highest BCUT2D eigenvalue weighted by atomic mass is 16.3. The third-order valence-electron chi connectivity index (χ3n) is 2.58. The van der Waals surface area contributed by atoms with Gasteiger partial charge in [0.15, 0.2) is 35.6 Å². The Morgan fingerprint density at radius 2 is 0.864 bits per heavy atom. The second kappa shape index (κ2) is 6.84. The number of aldehydes is 2. The number of carbonyl (C=O) groups excluding carboxylic acids is 2. The molecule has 0 aliphatic rings. The number of carbonyl (C=O) groups is 2. The van der Waals surface area contributed by atoms with Gasteiger partial charge in [0.1, 0.15) is 0 Å². The summed E-state index contributed by atoms with van der Waals surface area (Å²) >= 11 is 0. The number of phenols is 6. The quantitative estimate of drug-likeness (QED) is 0.357. The van der Waals surface area contributed by atoms with Crippen molar-refractivity contribution in [1.82, 2.24) is 0 Å². The molecule has 0 saturated carbocycles. The van der Waals surface area contributed by atoms with Gasteiger partial charge in [-0.1, -0.05) is 0 Å². The molecular formula is C14H12O8. The lowest BCUT2D eigenvalue weighted by Crippen LogP contribution is -1.81. The van der Waals surface area contributed by atoms with Crippen molar-refractivity contribution in [3.05, 3.63) is 35.4 Å². The summed E-state index contributed by atoms with van der Waals surface area (Å²) in [5, 5.41) is 53.2. The van der Waals surface area contributed by atoms with Crippen molar-refractivity contribution in [2.45, 2.75) is 0 Å². The molecule has 0 fully saturated rings. The van der Waals surface area contributed by atoms with E-state index in [1.807, 2.05) is 0 Å². The van der Waals surface area contributed by atoms with Crippen LogP contribution in [0.2, 0.25) is 0 Å². The summed E-state index contributed by atoms with van der Waals surface area (Å²) in [6.07, 6.45) is 0.767. The maximum Gasteiger partial charge on any atom is 0.201 e. The fourth-order valence-corrected chi connectivity index (χ4v) is 1.36. The van der Waals surface area contributed by atoms with E-state index in [0.717, 1.165) is 12.1 Å². The summed E-state index contributed by atoms with van der Waals surface area (Å²) in [6.45, 7) is 0. The molecule has 0 atom stereocenters. The summed E-state index contributed by atoms with van der Waals surface area (Å²) in [5.74, 6) is -3.44. The summed E-state index contributed by atoms with van der Waals surface area (Å²) in [6, 6.07) is 4.66. The summed E-state index contributed by atoms with van der Waals surface area (Å²) in [5.41, 5.74) is -0.111. The van der Waals surface area contributed by atoms with Crippen LogP contribution >= 0.6 is 0 Å². The Morgan fingerprint density at radius 3 is 1.14 bits per heavy atom. The van der Waals surface area contributed by atoms with Crippen LogP contribution in [0.15, 0.2) is 24.3 Å². The van der Waals surface area contributed by atoms with Gasteiger partial charge in [-0.3, -0.25) is 9.59 Å². The molecule has 22 heavy (non-hydrogen) atoms. The van der Waals surface area contributed by atoms with Gasteiger partial charge in [-0.2, -0.15) is 0 Å². The molecule has 2 rings (SSSR count). The molecule has 0 unspecified atom stereocenters. The van der Waals surface area contributed by atoms with E-state index in [2.05, 4.69) is 0 Å². The average molecular weight is 308 g/mol. The monoisotopic (exact) mass is 308 g/mol. The molecule has 2 aromatic rings. The van der Waals surface area contributed by atoms with Crippen LogP contribution in [-0.2, 0) is 0 Å². The fraction of sp³-hybridized carbons (Fsp3) is 0. The van der Waals surface area contributed by atoms with Crippen LogP contribution in [0.3, 0.4) is 0 Å². The normalized spacial score (nSPS) is 9.45. The van der Waals surface area contributed by atoms with Crippen molar-refractivity contribution in [3.63, 3.8) is 0 Å². The van der Waals surface area contributed by atoms with Crippen molar-refractivity contribution in [1.29, 1.82) is 0 Å². The van der Waals surface area contributed by atoms with Crippen molar-refractivity contribution < 1.29 is 40.2 Å². The first-order chi connectivity index (χ1) is 10.3. The van der Waals surface area contributed by atoms with Crippen molar-refractivity contribution in [2.75, 3.05) is 0 Å². The predicted octanol–water partition coefficient (Wildman–Crippen LogP) is 1.23. The first kappa shape index (κ1) is 16.6. The van der Waals surface area contributed by atoms with Gasteiger partial charge in [-0.15, -0.1) is 0 Å². The van der Waals surface area contributed by atoms with Crippen LogP contribution in [0.1, 0.15) is 20.7 Å². The Bertz CT molecular complexity index is 647. The van der Waals surface area contributed by atoms with Gasteiger partial charge < -0.3 is 30.6 Å². The lowest BCUT2D eigenvalue weighted by molar-refractivity contribution is 0.111. The van der Waals surface area contributed by atoms with E-state index in [0.29, 0.717) is 12.6 Å². The maximum atomic E-state index is 10.1. The molecule has 0 bridgehead atoms. The first-order valence-corrected chi connectivity index (χ1v) is 5.71. The van der Waals surface area contributed by atoms with Crippen molar-refractivity contribution in [2.24, 2.45) is 0 Å². The molecule has 0 spiro atoms. The summed E-state index contributed by atoms with van der Waals surface area (Å²) in [4.78, 5) is 20.3. The number of phenolic OH excluding ortho intramolecular Hbond substituents is 6. The van der Waals surface area contributed by atoms with E-state index in [9.17, 15) is 9.59 Å². The number of rotatable bonds is 2. The van der Waals surface area contributed by atoms with Gasteiger partial charge in [0.2, 0.25) is 11.5 Å². The highest BCUT2D eigenvalue weighted by Gasteiger charge is 2.09. The smallest absolute Gasteiger partial charge is 0.201 e. The van der Waals surface area contributed by atoms with Crippen molar-refractivity contribution in [3.8, 4) is 34.5 Å². The lowest BCUT2D eigenvalue weighted by Gasteiger charge is -2.00. The van der Waals surface area contributed by atoms with Gasteiger partial charge in [-0.05, 0) is 24.3 Å². The Kier molecular flexibility index (Phi) is 5.17. The van der Waals surface area contributed by atoms with Gasteiger partial charge in [0, 0.05) is 0 Å². The van der Waals surface area contributed by atoms with Crippen LogP contribution in [0.25, 0.3) is 0 Å². The van der Waals surface area contributed by atoms with Crippen LogP contribution in [0, 0.1) is 0 Å². The van der Waals surface area contributed by atoms with Crippen LogP contribution < -0.4 is 0 Å². The minimum atomic E-state index is -0.672. The number of benzene rings is 2. The third kappa shape index (κ3) is 3.37. The van der Waals surface area contributed by atoms with E-state index >= 15 is 0 Å². The molecular weight excluding hydrogens is 296 g/mol. The standard InChI is InChI=1S/2C7H6O4/c2*8-3-4-1-2-5(9)7(11)6(4)10/h2*1-3,9-11H. The number of hydrogen-bond acceptors (Lipinski definition) is 8. The largest absolute Gasteiger partial charge is 0.504 e. The molecule has 0 aromatic heterocycles. The topological polar surface area (TPSA) is 156 Å². The molecule has 0 saturated heterocycles. The second-order valence-corrected chi connectivity index (χ2v) is 3.98. The molecule has 0 amide bonds. The fourth-order valence-electron chi connectivity index (χ4n) is 1.36. The minimum absolute atomic E-state index is 0.0553. The zero-order chi connectivity index (χ0) is 16.9. The van der Waals surface area contributed by atoms with E-state index in [1.54, 1.807) is 0 Å². The van der Waals surface area contributed by atoms with E-state index in [4.69, 9.17) is 30.6 Å². The molecule has 8 nitrogen and oxygen atoms in total. The first-order valence-electron chi connectivity index (χ1n) is 5.71. The highest BCUT2D eigenvalue weighted by molar-refractivity contribution is 5.82. The molecule has 116 valence electrons. The van der Waals surface area contributed by atoms with Crippen LogP contribution in [-0.4, -0.2) is 43.2 Å². The SMILES string of the molecule is O=Cc1ccc(O)c(O)c1O.O=Cc1ccc(O)c(O)c1O. The van der Waals surface area contributed by atoms with Crippen LogP contribution in [0.4, 0.5) is 0 Å². The molecule has 0 aliphatic carbocycles. The Labute approximate surface area is 123 Å². The summed E-state index contributed by atoms with van der Waals surface area (Å²) < 4.78 is 0. The predicted molar refractivity (Wildman–Crippen MR) is 73.6 cm³/mol. The van der Waals surface area contributed by atoms with Gasteiger partial charge in [0.25, 0.3) is 0 Å². The van der Waals surface area contributed by atoms with Crippen molar-refractivity contribution >= 4 is 12.6 Å². The molecule has 0 aliphatic heterocycles. The van der Waals surface area contributed by atoms with Gasteiger partial charge >= 0.3 is 0 Å². The average Bonchev–Trinajstić information content (AvgIpc) is 2.51. The van der Waals surface area contributed by atoms with E-state index < -0.39 is 34.5 Å². The maximum absolute atomic E-state index is 10.1.